The fourth-order valence-electron chi connectivity index (χ4n) is 4.70. The smallest absolute Gasteiger partial charge is 0.542 e. The Morgan fingerprint density at radius 2 is 0.571 bits per heavy atom. The molecule has 0 aliphatic heterocycles. The van der Waals surface area contributed by atoms with Crippen LogP contribution in [-0.4, -0.2) is 6.29 Å². The summed E-state index contributed by atoms with van der Waals surface area (Å²) in [5, 5.41) is 8.39. The zero-order chi connectivity index (χ0) is 33.5. The Balaban J connectivity index is 0.000000205. The van der Waals surface area contributed by atoms with Crippen LogP contribution in [0.3, 0.4) is 0 Å². The Hall–Kier alpha value is -4.24. The summed E-state index contributed by atoms with van der Waals surface area (Å²) in [4.78, 5) is 9.05. The average molecular weight is 854 g/mol. The molecule has 0 amide bonds. The van der Waals surface area contributed by atoms with Gasteiger partial charge in [0, 0.05) is 0 Å². The van der Waals surface area contributed by atoms with Crippen LogP contribution in [-0.2, 0) is 25.9 Å². The first kappa shape index (κ1) is 39.2. The molecule has 0 radical (unpaired) electrons. The van der Waals surface area contributed by atoms with Gasteiger partial charge in [0.15, 0.2) is 0 Å². The average Bonchev–Trinajstić information content (AvgIpc) is 3.19. The Morgan fingerprint density at radius 3 is 0.694 bits per heavy atom. The first-order valence-corrected chi connectivity index (χ1v) is 18.7. The maximum atomic E-state index is 9.05. The molecule has 4 heteroatoms. The van der Waals surface area contributed by atoms with E-state index in [1.54, 1.807) is 13.2 Å². The number of hydrogen-bond donors (Lipinski definition) is 0. The van der Waals surface area contributed by atoms with Crippen molar-refractivity contribution in [1.82, 2.24) is 0 Å². The molecule has 246 valence electrons. The standard InChI is InChI=1S/2C18H15P.C6H5.C3H5O.Pt/c2*1-4-10-16(11-5-1)19(17-12-6-2-7-13-17)18-14-8-3-9-15-18;1-2-4-6-5-3-1;1-2-3-4;/h2*1-15H;1-5H;2H2,1H3;/q;;2*-1;+2. The fraction of sp³-hybridized carbons (Fsp3) is 0.0444. The van der Waals surface area contributed by atoms with E-state index in [-0.39, 0.29) is 21.1 Å². The fourth-order valence-corrected chi connectivity index (χ4v) is 9.31. The van der Waals surface area contributed by atoms with E-state index >= 15 is 0 Å². The van der Waals surface area contributed by atoms with Gasteiger partial charge in [-0.2, -0.15) is 42.8 Å². The maximum absolute atomic E-state index is 9.05. The molecule has 0 unspecified atom stereocenters. The molecule has 0 aliphatic carbocycles. The van der Waals surface area contributed by atoms with Crippen LogP contribution in [0.1, 0.15) is 13.3 Å². The minimum atomic E-state index is -0.446. The van der Waals surface area contributed by atoms with Gasteiger partial charge in [-0.25, -0.2) is 0 Å². The molecule has 0 saturated heterocycles. The summed E-state index contributed by atoms with van der Waals surface area (Å²) in [6.07, 6.45) is 2.19. The molecule has 7 aromatic rings. The molecule has 0 bridgehead atoms. The monoisotopic (exact) mass is 853 g/mol. The van der Waals surface area contributed by atoms with E-state index in [0.29, 0.717) is 6.42 Å². The third kappa shape index (κ3) is 13.7. The second kappa shape index (κ2) is 24.0. The number of hydrogen-bond acceptors (Lipinski definition) is 1. The van der Waals surface area contributed by atoms with Crippen molar-refractivity contribution in [2.75, 3.05) is 0 Å². The summed E-state index contributed by atoms with van der Waals surface area (Å²) in [5.74, 6) is 0. The van der Waals surface area contributed by atoms with Gasteiger partial charge in [0.1, 0.15) is 0 Å². The molecule has 0 spiro atoms. The Kier molecular flexibility index (Phi) is 19.2. The van der Waals surface area contributed by atoms with Crippen molar-refractivity contribution in [2.45, 2.75) is 13.3 Å². The summed E-state index contributed by atoms with van der Waals surface area (Å²) in [6, 6.07) is 77.2. The van der Waals surface area contributed by atoms with Crippen molar-refractivity contribution in [3.63, 3.8) is 0 Å². The van der Waals surface area contributed by atoms with Gasteiger partial charge in [-0.1, -0.05) is 189 Å². The topological polar surface area (TPSA) is 17.1 Å². The summed E-state index contributed by atoms with van der Waals surface area (Å²) in [6.45, 7) is 1.76. The molecule has 1 nitrogen and oxygen atoms in total. The minimum absolute atomic E-state index is 0. The second-order valence-corrected chi connectivity index (χ2v) is 14.7. The summed E-state index contributed by atoms with van der Waals surface area (Å²) >= 11 is 0. The molecular weight excluding hydrogens is 814 g/mol. The number of rotatable bonds is 7. The number of benzene rings is 7. The van der Waals surface area contributed by atoms with E-state index in [1.807, 2.05) is 30.3 Å². The first-order valence-electron chi connectivity index (χ1n) is 16.0. The summed E-state index contributed by atoms with van der Waals surface area (Å²) < 4.78 is 0. The Morgan fingerprint density at radius 1 is 0.388 bits per heavy atom. The van der Waals surface area contributed by atoms with Crippen molar-refractivity contribution < 1.29 is 25.9 Å². The van der Waals surface area contributed by atoms with Crippen LogP contribution in [0, 0.1) is 6.07 Å². The Bertz CT molecular complexity index is 1460. The van der Waals surface area contributed by atoms with Gasteiger partial charge >= 0.3 is 21.1 Å². The van der Waals surface area contributed by atoms with Crippen molar-refractivity contribution in [3.8, 4) is 0 Å². The van der Waals surface area contributed by atoms with Gasteiger partial charge in [0.05, 0.1) is 0 Å². The van der Waals surface area contributed by atoms with Crippen molar-refractivity contribution in [1.29, 1.82) is 0 Å². The van der Waals surface area contributed by atoms with E-state index in [2.05, 4.69) is 188 Å². The molecule has 7 aromatic carbocycles. The molecule has 0 fully saturated rings. The second-order valence-electron chi connectivity index (χ2n) is 10.3. The molecule has 0 atom stereocenters. The SMILES string of the molecule is CC[C-]=O.[Pt+2].[c-]1ccccc1.c1ccc(P(c2ccccc2)c2ccccc2)cc1.c1ccc(P(c2ccccc2)c2ccccc2)cc1. The summed E-state index contributed by atoms with van der Waals surface area (Å²) in [7, 11) is -0.892. The molecule has 0 saturated carbocycles. The molecule has 0 aromatic heterocycles. The van der Waals surface area contributed by atoms with Crippen molar-refractivity contribution in [3.05, 3.63) is 218 Å². The first-order chi connectivity index (χ1) is 23.8. The normalized spacial score (nSPS) is 9.69. The van der Waals surface area contributed by atoms with Gasteiger partial charge in [-0.05, 0) is 47.7 Å². The minimum Gasteiger partial charge on any atom is -0.542 e. The molecule has 0 heterocycles. The maximum Gasteiger partial charge on any atom is 2.00 e. The predicted molar refractivity (Wildman–Crippen MR) is 212 cm³/mol. The van der Waals surface area contributed by atoms with Crippen molar-refractivity contribution >= 4 is 54.0 Å². The van der Waals surface area contributed by atoms with E-state index < -0.39 is 15.8 Å². The molecule has 0 aliphatic rings. The van der Waals surface area contributed by atoms with Crippen LogP contribution >= 0.6 is 15.8 Å². The molecule has 7 rings (SSSR count). The van der Waals surface area contributed by atoms with E-state index in [0.717, 1.165) is 0 Å². The molecular formula is C45H40OP2Pt. The van der Waals surface area contributed by atoms with Gasteiger partial charge in [-0.15, -0.1) is 0 Å². The van der Waals surface area contributed by atoms with Crippen LogP contribution in [0.25, 0.3) is 0 Å². The van der Waals surface area contributed by atoms with Gasteiger partial charge in [0.25, 0.3) is 0 Å². The third-order valence-corrected chi connectivity index (χ3v) is 11.7. The third-order valence-electron chi connectivity index (χ3n) is 6.84. The molecule has 49 heavy (non-hydrogen) atoms. The summed E-state index contributed by atoms with van der Waals surface area (Å²) in [5.41, 5.74) is 0. The van der Waals surface area contributed by atoms with E-state index in [9.17, 15) is 0 Å². The van der Waals surface area contributed by atoms with E-state index in [4.69, 9.17) is 4.79 Å². The quantitative estimate of drug-likeness (QED) is 0.116. The zero-order valence-corrected chi connectivity index (χ0v) is 31.6. The van der Waals surface area contributed by atoms with Gasteiger partial charge in [0.2, 0.25) is 0 Å². The van der Waals surface area contributed by atoms with Gasteiger partial charge in [-0.3, -0.25) is 6.29 Å². The van der Waals surface area contributed by atoms with Crippen LogP contribution in [0.4, 0.5) is 0 Å². The van der Waals surface area contributed by atoms with Crippen LogP contribution in [0.15, 0.2) is 212 Å². The largest absolute Gasteiger partial charge is 2.00 e. The van der Waals surface area contributed by atoms with Crippen molar-refractivity contribution in [2.24, 2.45) is 0 Å². The zero-order valence-electron chi connectivity index (χ0n) is 27.5. The van der Waals surface area contributed by atoms with Crippen LogP contribution in [0.2, 0.25) is 0 Å². The van der Waals surface area contributed by atoms with E-state index in [1.165, 1.54) is 31.8 Å². The van der Waals surface area contributed by atoms with Crippen LogP contribution in [0.5, 0.6) is 0 Å². The van der Waals surface area contributed by atoms with Crippen LogP contribution < -0.4 is 31.8 Å². The predicted octanol–water partition coefficient (Wildman–Crippen LogP) is 8.88. The van der Waals surface area contributed by atoms with Gasteiger partial charge < -0.3 is 4.79 Å². The molecule has 0 N–H and O–H groups in total. The number of carbonyl (C=O) groups excluding carboxylic acids is 1. The Labute approximate surface area is 309 Å².